The van der Waals surface area contributed by atoms with Gasteiger partial charge in [-0.2, -0.15) is 5.10 Å². The molecule has 2 rings (SSSR count). The molecule has 0 atom stereocenters. The monoisotopic (exact) mass is 301 g/mol. The van der Waals surface area contributed by atoms with Crippen molar-refractivity contribution in [1.29, 1.82) is 0 Å². The molecule has 0 fully saturated rings. The highest BCUT2D eigenvalue weighted by molar-refractivity contribution is 6.01. The van der Waals surface area contributed by atoms with Gasteiger partial charge in [0.25, 0.3) is 0 Å². The highest BCUT2D eigenvalue weighted by Gasteiger charge is 2.13. The van der Waals surface area contributed by atoms with Crippen molar-refractivity contribution in [2.75, 3.05) is 5.32 Å². The third-order valence-electron chi connectivity index (χ3n) is 2.77. The van der Waals surface area contributed by atoms with Crippen LogP contribution in [0.3, 0.4) is 0 Å². The number of hydrogen-bond acceptors (Lipinski definition) is 5. The number of nitrogens with zero attached hydrogens (tertiary/aromatic N) is 1. The second-order valence-electron chi connectivity index (χ2n) is 4.53. The summed E-state index contributed by atoms with van der Waals surface area (Å²) in [4.78, 5) is 23.4. The van der Waals surface area contributed by atoms with Crippen LogP contribution in [-0.2, 0) is 0 Å². The van der Waals surface area contributed by atoms with Crippen LogP contribution in [0.1, 0.15) is 18.2 Å². The Balaban J connectivity index is 2.10. The van der Waals surface area contributed by atoms with Gasteiger partial charge in [-0.05, 0) is 26.0 Å². The summed E-state index contributed by atoms with van der Waals surface area (Å²) in [6.07, 6.45) is 0. The number of urea groups is 1. The summed E-state index contributed by atoms with van der Waals surface area (Å²) in [7, 11) is 0. The molecule has 2 aromatic rings. The molecule has 7 heteroatoms. The summed E-state index contributed by atoms with van der Waals surface area (Å²) in [5.41, 5.74) is 2.17. The van der Waals surface area contributed by atoms with E-state index in [0.29, 0.717) is 5.69 Å². The number of carbonyl (C=O) groups excluding carboxylic acids is 1. The molecule has 7 nitrogen and oxygen atoms in total. The zero-order chi connectivity index (χ0) is 16.1. The summed E-state index contributed by atoms with van der Waals surface area (Å²) < 4.78 is 4.89. The lowest BCUT2D eigenvalue weighted by atomic mass is 10.2. The fourth-order valence-electron chi connectivity index (χ4n) is 1.80. The van der Waals surface area contributed by atoms with Gasteiger partial charge >= 0.3 is 11.7 Å². The molecular weight excluding hydrogens is 286 g/mol. The molecule has 1 heterocycles. The van der Waals surface area contributed by atoms with Gasteiger partial charge in [-0.1, -0.05) is 18.2 Å². The standard InChI is InChI=1S/C15H15N3O4/c1-9-8-12(19)13(14(20)22-9)10(2)17-18-15(21)16-11-6-4-3-5-7-11/h3-8,19H,1-2H3,(H2,16,18,21)/b17-10+. The molecule has 0 saturated carbocycles. The first kappa shape index (κ1) is 15.3. The van der Waals surface area contributed by atoms with Crippen LogP contribution in [0.4, 0.5) is 10.5 Å². The van der Waals surface area contributed by atoms with Crippen molar-refractivity contribution in [2.24, 2.45) is 5.10 Å². The molecule has 0 radical (unpaired) electrons. The van der Waals surface area contributed by atoms with E-state index in [0.717, 1.165) is 0 Å². The maximum Gasteiger partial charge on any atom is 0.348 e. The molecule has 2 amide bonds. The van der Waals surface area contributed by atoms with Crippen LogP contribution in [0, 0.1) is 6.92 Å². The minimum Gasteiger partial charge on any atom is -0.507 e. The van der Waals surface area contributed by atoms with Crippen molar-refractivity contribution in [3.8, 4) is 5.75 Å². The summed E-state index contributed by atoms with van der Waals surface area (Å²) in [5.74, 6) is 0.0362. The molecule has 22 heavy (non-hydrogen) atoms. The predicted molar refractivity (Wildman–Crippen MR) is 82.2 cm³/mol. The number of carbonyl (C=O) groups is 1. The molecule has 0 bridgehead atoms. The number of anilines is 1. The summed E-state index contributed by atoms with van der Waals surface area (Å²) in [6, 6.07) is 9.55. The number of hydrazone groups is 1. The third kappa shape index (κ3) is 3.72. The molecule has 0 aliphatic rings. The van der Waals surface area contributed by atoms with Gasteiger partial charge in [-0.25, -0.2) is 15.0 Å². The lowest BCUT2D eigenvalue weighted by Crippen LogP contribution is -2.26. The molecule has 0 saturated heterocycles. The first-order valence-electron chi connectivity index (χ1n) is 6.48. The SMILES string of the molecule is C/C(=N\NC(=O)Nc1ccccc1)c1c(O)cc(C)oc1=O. The lowest BCUT2D eigenvalue weighted by Gasteiger charge is -2.06. The highest BCUT2D eigenvalue weighted by Crippen LogP contribution is 2.15. The normalized spacial score (nSPS) is 11.1. The number of hydrogen-bond donors (Lipinski definition) is 3. The highest BCUT2D eigenvalue weighted by atomic mass is 16.4. The van der Waals surface area contributed by atoms with E-state index >= 15 is 0 Å². The minimum absolute atomic E-state index is 0.0920. The van der Waals surface area contributed by atoms with E-state index in [1.807, 2.05) is 6.07 Å². The minimum atomic E-state index is -0.719. The van der Waals surface area contributed by atoms with E-state index < -0.39 is 11.7 Å². The fraction of sp³-hybridized carbons (Fsp3) is 0.133. The Labute approximate surface area is 126 Å². The van der Waals surface area contributed by atoms with Gasteiger partial charge in [-0.15, -0.1) is 0 Å². The predicted octanol–water partition coefficient (Wildman–Crippen LogP) is 2.20. The molecule has 1 aromatic heterocycles. The smallest absolute Gasteiger partial charge is 0.348 e. The molecule has 114 valence electrons. The van der Waals surface area contributed by atoms with Gasteiger partial charge in [0.05, 0.1) is 5.71 Å². The summed E-state index contributed by atoms with van der Waals surface area (Å²) in [5, 5.41) is 16.1. The Bertz CT molecular complexity index is 766. The van der Waals surface area contributed by atoms with Gasteiger partial charge in [0.15, 0.2) is 0 Å². The first-order chi connectivity index (χ1) is 10.5. The number of aromatic hydroxyl groups is 1. The number of nitrogens with one attached hydrogen (secondary N) is 2. The van der Waals surface area contributed by atoms with Crippen LogP contribution in [0.15, 0.2) is 50.7 Å². The van der Waals surface area contributed by atoms with Gasteiger partial charge in [0.2, 0.25) is 0 Å². The van der Waals surface area contributed by atoms with Crippen molar-refractivity contribution in [1.82, 2.24) is 5.43 Å². The number of rotatable bonds is 3. The van der Waals surface area contributed by atoms with Crippen molar-refractivity contribution in [3.05, 3.63) is 58.1 Å². The maximum absolute atomic E-state index is 11.7. The van der Waals surface area contributed by atoms with Crippen LogP contribution >= 0.6 is 0 Å². The molecule has 3 N–H and O–H groups in total. The van der Waals surface area contributed by atoms with Crippen LogP contribution in [-0.4, -0.2) is 16.8 Å². The third-order valence-corrected chi connectivity index (χ3v) is 2.77. The van der Waals surface area contributed by atoms with E-state index in [1.54, 1.807) is 31.2 Å². The summed E-state index contributed by atoms with van der Waals surface area (Å²) >= 11 is 0. The quantitative estimate of drug-likeness (QED) is 0.597. The first-order valence-corrected chi connectivity index (χ1v) is 6.48. The molecule has 0 aliphatic heterocycles. The van der Waals surface area contributed by atoms with Gasteiger partial charge in [0.1, 0.15) is 17.1 Å². The Kier molecular flexibility index (Phi) is 4.57. The van der Waals surface area contributed by atoms with Gasteiger partial charge < -0.3 is 14.8 Å². The van der Waals surface area contributed by atoms with Crippen LogP contribution < -0.4 is 16.4 Å². The van der Waals surface area contributed by atoms with Gasteiger partial charge in [0, 0.05) is 11.8 Å². The van der Waals surface area contributed by atoms with E-state index in [4.69, 9.17) is 4.42 Å². The molecule has 1 aromatic carbocycles. The Morgan fingerprint density at radius 2 is 1.95 bits per heavy atom. The van der Waals surface area contributed by atoms with Crippen molar-refractivity contribution < 1.29 is 14.3 Å². The zero-order valence-electron chi connectivity index (χ0n) is 12.1. The van der Waals surface area contributed by atoms with Crippen LogP contribution in [0.2, 0.25) is 0 Å². The summed E-state index contributed by atoms with van der Waals surface area (Å²) in [6.45, 7) is 3.02. The molecule has 0 unspecified atom stereocenters. The number of amides is 2. The second-order valence-corrected chi connectivity index (χ2v) is 4.53. The fourth-order valence-corrected chi connectivity index (χ4v) is 1.80. The van der Waals surface area contributed by atoms with E-state index in [-0.39, 0.29) is 22.8 Å². The van der Waals surface area contributed by atoms with Crippen molar-refractivity contribution in [3.63, 3.8) is 0 Å². The molecule has 0 spiro atoms. The Hall–Kier alpha value is -3.09. The average Bonchev–Trinajstić information content (AvgIpc) is 2.45. The maximum atomic E-state index is 11.7. The number of aryl methyl sites for hydroxylation is 1. The van der Waals surface area contributed by atoms with E-state index in [1.165, 1.54) is 13.0 Å². The topological polar surface area (TPSA) is 104 Å². The van der Waals surface area contributed by atoms with Crippen LogP contribution in [0.5, 0.6) is 5.75 Å². The number of para-hydroxylation sites is 1. The van der Waals surface area contributed by atoms with E-state index in [2.05, 4.69) is 15.8 Å². The Morgan fingerprint density at radius 3 is 2.59 bits per heavy atom. The number of benzene rings is 1. The average molecular weight is 301 g/mol. The lowest BCUT2D eigenvalue weighted by molar-refractivity contribution is 0.252. The van der Waals surface area contributed by atoms with Crippen LogP contribution in [0.25, 0.3) is 0 Å². The Morgan fingerprint density at radius 1 is 1.27 bits per heavy atom. The van der Waals surface area contributed by atoms with E-state index in [9.17, 15) is 14.7 Å². The molecule has 0 aliphatic carbocycles. The van der Waals surface area contributed by atoms with Crippen molar-refractivity contribution >= 4 is 17.4 Å². The zero-order valence-corrected chi connectivity index (χ0v) is 12.1. The largest absolute Gasteiger partial charge is 0.507 e. The van der Waals surface area contributed by atoms with Gasteiger partial charge in [-0.3, -0.25) is 0 Å². The molecular formula is C15H15N3O4. The second kappa shape index (κ2) is 6.57. The van der Waals surface area contributed by atoms with Crippen molar-refractivity contribution in [2.45, 2.75) is 13.8 Å².